The van der Waals surface area contributed by atoms with Crippen molar-refractivity contribution >= 4 is 5.97 Å². The zero-order valence-corrected chi connectivity index (χ0v) is 10.3. The van der Waals surface area contributed by atoms with Crippen LogP contribution in [0.1, 0.15) is 30.4 Å². The number of aliphatic carboxylic acids is 1. The van der Waals surface area contributed by atoms with Crippen LogP contribution in [0.3, 0.4) is 0 Å². The lowest BCUT2D eigenvalue weighted by molar-refractivity contribution is -0.170. The third-order valence-electron chi connectivity index (χ3n) is 3.42. The van der Waals surface area contributed by atoms with E-state index < -0.39 is 11.6 Å². The van der Waals surface area contributed by atoms with Crippen molar-refractivity contribution in [1.29, 1.82) is 0 Å². The van der Waals surface area contributed by atoms with Gasteiger partial charge in [-0.25, -0.2) is 4.79 Å². The summed E-state index contributed by atoms with van der Waals surface area (Å²) >= 11 is 0. The second-order valence-electron chi connectivity index (χ2n) is 4.57. The lowest BCUT2D eigenvalue weighted by Gasteiger charge is -2.35. The Hall–Kier alpha value is -1.39. The van der Waals surface area contributed by atoms with E-state index in [-0.39, 0.29) is 13.2 Å². The summed E-state index contributed by atoms with van der Waals surface area (Å²) in [6.07, 6.45) is 2.65. The smallest absolute Gasteiger partial charge is 0.340 e. The number of fused-ring (bicyclic) bond motifs is 1. The normalized spacial score (nSPS) is 22.5. The molecular formula is C14H18O4. The van der Waals surface area contributed by atoms with Gasteiger partial charge in [0.05, 0.1) is 6.61 Å². The summed E-state index contributed by atoms with van der Waals surface area (Å²) in [7, 11) is 0. The summed E-state index contributed by atoms with van der Waals surface area (Å²) in [6, 6.07) is 7.56. The summed E-state index contributed by atoms with van der Waals surface area (Å²) in [4.78, 5) is 11.6. The number of aliphatic hydroxyl groups is 1. The first-order chi connectivity index (χ1) is 8.70. The van der Waals surface area contributed by atoms with E-state index in [1.165, 1.54) is 0 Å². The van der Waals surface area contributed by atoms with Gasteiger partial charge in [-0.2, -0.15) is 0 Å². The average Bonchev–Trinajstić information content (AvgIpc) is 2.39. The molecule has 4 heteroatoms. The molecule has 0 fully saturated rings. The van der Waals surface area contributed by atoms with Gasteiger partial charge in [0.25, 0.3) is 0 Å². The van der Waals surface area contributed by atoms with Crippen molar-refractivity contribution < 1.29 is 19.7 Å². The van der Waals surface area contributed by atoms with Crippen LogP contribution >= 0.6 is 0 Å². The van der Waals surface area contributed by atoms with Gasteiger partial charge >= 0.3 is 5.97 Å². The molecule has 18 heavy (non-hydrogen) atoms. The molecule has 0 aliphatic heterocycles. The highest BCUT2D eigenvalue weighted by Crippen LogP contribution is 2.38. The number of hydrogen-bond acceptors (Lipinski definition) is 3. The van der Waals surface area contributed by atoms with Crippen LogP contribution in [0.5, 0.6) is 0 Å². The highest BCUT2D eigenvalue weighted by molar-refractivity contribution is 5.80. The Bertz CT molecular complexity index is 430. The number of carbonyl (C=O) groups is 1. The van der Waals surface area contributed by atoms with Crippen LogP contribution < -0.4 is 0 Å². The minimum atomic E-state index is -1.23. The molecule has 0 saturated heterocycles. The molecule has 98 valence electrons. The summed E-state index contributed by atoms with van der Waals surface area (Å²) in [5, 5.41) is 18.3. The fourth-order valence-corrected chi connectivity index (χ4v) is 2.54. The van der Waals surface area contributed by atoms with Gasteiger partial charge in [0, 0.05) is 6.61 Å². The van der Waals surface area contributed by atoms with Gasteiger partial charge in [-0.05, 0) is 36.8 Å². The Morgan fingerprint density at radius 3 is 2.89 bits per heavy atom. The number of hydrogen-bond donors (Lipinski definition) is 2. The van der Waals surface area contributed by atoms with E-state index in [1.807, 2.05) is 24.3 Å². The molecule has 0 amide bonds. The maximum Gasteiger partial charge on any atom is 0.340 e. The second kappa shape index (κ2) is 5.50. The minimum absolute atomic E-state index is 0.0113. The number of carboxylic acids is 1. The second-order valence-corrected chi connectivity index (χ2v) is 4.57. The molecule has 0 heterocycles. The van der Waals surface area contributed by atoms with E-state index in [1.54, 1.807) is 0 Å². The van der Waals surface area contributed by atoms with E-state index in [0.29, 0.717) is 12.8 Å². The van der Waals surface area contributed by atoms with Gasteiger partial charge in [-0.3, -0.25) is 0 Å². The SMILES string of the molecule is O=C(O)C1(OCCCO)CCCc2ccccc21. The highest BCUT2D eigenvalue weighted by atomic mass is 16.5. The van der Waals surface area contributed by atoms with E-state index >= 15 is 0 Å². The summed E-state index contributed by atoms with van der Waals surface area (Å²) < 4.78 is 5.64. The Kier molecular flexibility index (Phi) is 3.99. The molecule has 0 saturated carbocycles. The maximum atomic E-state index is 11.6. The summed E-state index contributed by atoms with van der Waals surface area (Å²) in [5.41, 5.74) is 0.584. The highest BCUT2D eigenvalue weighted by Gasteiger charge is 2.44. The molecule has 1 aliphatic carbocycles. The first kappa shape index (κ1) is 13.1. The minimum Gasteiger partial charge on any atom is -0.479 e. The Morgan fingerprint density at radius 1 is 1.39 bits per heavy atom. The maximum absolute atomic E-state index is 11.6. The molecule has 2 N–H and O–H groups in total. The van der Waals surface area contributed by atoms with Gasteiger partial charge in [0.2, 0.25) is 0 Å². The van der Waals surface area contributed by atoms with E-state index in [4.69, 9.17) is 9.84 Å². The van der Waals surface area contributed by atoms with E-state index in [2.05, 4.69) is 0 Å². The van der Waals surface area contributed by atoms with Crippen LogP contribution in [0.4, 0.5) is 0 Å². The summed E-state index contributed by atoms with van der Waals surface area (Å²) in [6.45, 7) is 0.272. The predicted octanol–water partition coefficient (Wildman–Crippen LogP) is 1.70. The molecule has 0 aromatic heterocycles. The lowest BCUT2D eigenvalue weighted by atomic mass is 9.79. The van der Waals surface area contributed by atoms with Crippen LogP contribution in [0.25, 0.3) is 0 Å². The zero-order valence-electron chi connectivity index (χ0n) is 10.3. The van der Waals surface area contributed by atoms with Crippen LogP contribution in [0, 0.1) is 0 Å². The van der Waals surface area contributed by atoms with Crippen LogP contribution in [0.15, 0.2) is 24.3 Å². The average molecular weight is 250 g/mol. The third-order valence-corrected chi connectivity index (χ3v) is 3.42. The molecule has 1 atom stereocenters. The number of aliphatic hydroxyl groups excluding tert-OH is 1. The van der Waals surface area contributed by atoms with Crippen molar-refractivity contribution in [3.8, 4) is 0 Å². The zero-order chi connectivity index (χ0) is 13.0. The lowest BCUT2D eigenvalue weighted by Crippen LogP contribution is -2.42. The van der Waals surface area contributed by atoms with Crippen molar-refractivity contribution in [3.63, 3.8) is 0 Å². The molecule has 2 rings (SSSR count). The number of carboxylic acid groups (broad SMARTS) is 1. The van der Waals surface area contributed by atoms with E-state index in [0.717, 1.165) is 24.0 Å². The number of benzene rings is 1. The Balaban J connectivity index is 2.33. The molecule has 0 radical (unpaired) electrons. The van der Waals surface area contributed by atoms with Crippen molar-refractivity contribution in [2.75, 3.05) is 13.2 Å². The number of aryl methyl sites for hydroxylation is 1. The van der Waals surface area contributed by atoms with E-state index in [9.17, 15) is 9.90 Å². The van der Waals surface area contributed by atoms with Crippen molar-refractivity contribution in [2.45, 2.75) is 31.3 Å². The standard InChI is InChI=1S/C14H18O4/c15-9-4-10-18-14(13(16)17)8-3-6-11-5-1-2-7-12(11)14/h1-2,5,7,15H,3-4,6,8-10H2,(H,16,17). The third kappa shape index (κ3) is 2.26. The number of rotatable bonds is 5. The van der Waals surface area contributed by atoms with Gasteiger partial charge in [-0.1, -0.05) is 24.3 Å². The van der Waals surface area contributed by atoms with Crippen molar-refractivity contribution in [2.24, 2.45) is 0 Å². The van der Waals surface area contributed by atoms with Crippen LogP contribution in [-0.2, 0) is 21.6 Å². The van der Waals surface area contributed by atoms with Gasteiger partial charge in [-0.15, -0.1) is 0 Å². The first-order valence-corrected chi connectivity index (χ1v) is 6.27. The van der Waals surface area contributed by atoms with Gasteiger partial charge in [0.15, 0.2) is 5.60 Å². The molecule has 1 aromatic rings. The number of ether oxygens (including phenoxy) is 1. The largest absolute Gasteiger partial charge is 0.479 e. The van der Waals surface area contributed by atoms with Gasteiger partial charge in [0.1, 0.15) is 0 Å². The molecule has 1 aromatic carbocycles. The van der Waals surface area contributed by atoms with Gasteiger partial charge < -0.3 is 14.9 Å². The topological polar surface area (TPSA) is 66.8 Å². The molecular weight excluding hydrogens is 232 g/mol. The molecule has 0 bridgehead atoms. The van der Waals surface area contributed by atoms with Crippen molar-refractivity contribution in [1.82, 2.24) is 0 Å². The Labute approximate surface area is 106 Å². The molecule has 1 unspecified atom stereocenters. The van der Waals surface area contributed by atoms with Crippen LogP contribution in [0.2, 0.25) is 0 Å². The molecule has 1 aliphatic rings. The quantitative estimate of drug-likeness (QED) is 0.781. The van der Waals surface area contributed by atoms with Crippen LogP contribution in [-0.4, -0.2) is 29.4 Å². The first-order valence-electron chi connectivity index (χ1n) is 6.27. The predicted molar refractivity (Wildman–Crippen MR) is 66.3 cm³/mol. The fourth-order valence-electron chi connectivity index (χ4n) is 2.54. The fraction of sp³-hybridized carbons (Fsp3) is 0.500. The summed E-state index contributed by atoms with van der Waals surface area (Å²) in [5.74, 6) is -0.937. The molecule has 0 spiro atoms. The Morgan fingerprint density at radius 2 is 2.17 bits per heavy atom. The molecule has 4 nitrogen and oxygen atoms in total. The van der Waals surface area contributed by atoms with Crippen molar-refractivity contribution in [3.05, 3.63) is 35.4 Å². The monoisotopic (exact) mass is 250 g/mol.